The number of carbonyl (C=O) groups excluding carboxylic acids is 1. The number of anilines is 1. The van der Waals surface area contributed by atoms with Gasteiger partial charge in [0.2, 0.25) is 5.91 Å². The van der Waals surface area contributed by atoms with Gasteiger partial charge >= 0.3 is 0 Å². The Kier molecular flexibility index (Phi) is 3.50. The lowest BCUT2D eigenvalue weighted by molar-refractivity contribution is 0.1000. The quantitative estimate of drug-likeness (QED) is 0.885. The molecular formula is C13H14FN3O2. The summed E-state index contributed by atoms with van der Waals surface area (Å²) in [5.41, 5.74) is 6.90. The summed E-state index contributed by atoms with van der Waals surface area (Å²) >= 11 is 0. The fourth-order valence-corrected chi connectivity index (χ4v) is 1.69. The van der Waals surface area contributed by atoms with E-state index in [-0.39, 0.29) is 5.56 Å². The SMILES string of the molecule is Cc1cc(CNc2cc(C(N)=O)cc(F)c2C)no1. The van der Waals surface area contributed by atoms with Gasteiger partial charge in [0.25, 0.3) is 0 Å². The van der Waals surface area contributed by atoms with E-state index in [1.165, 1.54) is 6.07 Å². The van der Waals surface area contributed by atoms with Crippen LogP contribution in [-0.4, -0.2) is 11.1 Å². The van der Waals surface area contributed by atoms with Crippen molar-refractivity contribution in [3.05, 3.63) is 46.6 Å². The number of carbonyl (C=O) groups is 1. The molecule has 0 spiro atoms. The Bertz CT molecular complexity index is 622. The number of rotatable bonds is 4. The molecule has 0 unspecified atom stereocenters. The minimum atomic E-state index is -0.667. The first kappa shape index (κ1) is 13.1. The lowest BCUT2D eigenvalue weighted by Crippen LogP contribution is -2.13. The maximum atomic E-state index is 13.6. The predicted molar refractivity (Wildman–Crippen MR) is 68.2 cm³/mol. The van der Waals surface area contributed by atoms with Crippen LogP contribution in [0.25, 0.3) is 0 Å². The summed E-state index contributed by atoms with van der Waals surface area (Å²) in [6, 6.07) is 4.42. The lowest BCUT2D eigenvalue weighted by Gasteiger charge is -2.10. The summed E-state index contributed by atoms with van der Waals surface area (Å²) < 4.78 is 18.6. The van der Waals surface area contributed by atoms with Crippen LogP contribution >= 0.6 is 0 Å². The first-order valence-electron chi connectivity index (χ1n) is 5.73. The van der Waals surface area contributed by atoms with Gasteiger partial charge in [0.1, 0.15) is 17.3 Å². The highest BCUT2D eigenvalue weighted by Crippen LogP contribution is 2.21. The van der Waals surface area contributed by atoms with E-state index in [0.717, 1.165) is 6.07 Å². The molecule has 0 radical (unpaired) electrons. The van der Waals surface area contributed by atoms with E-state index >= 15 is 0 Å². The van der Waals surface area contributed by atoms with Crippen LogP contribution in [0, 0.1) is 19.7 Å². The molecule has 1 aromatic heterocycles. The molecule has 0 aliphatic carbocycles. The number of nitrogens with two attached hydrogens (primary N) is 1. The molecule has 1 heterocycles. The maximum absolute atomic E-state index is 13.6. The van der Waals surface area contributed by atoms with E-state index < -0.39 is 11.7 Å². The predicted octanol–water partition coefficient (Wildman–Crippen LogP) is 2.14. The van der Waals surface area contributed by atoms with Gasteiger partial charge in [-0.15, -0.1) is 0 Å². The molecular weight excluding hydrogens is 249 g/mol. The number of amides is 1. The molecule has 0 fully saturated rings. The van der Waals surface area contributed by atoms with Crippen molar-refractivity contribution in [3.8, 4) is 0 Å². The molecule has 1 aromatic carbocycles. The van der Waals surface area contributed by atoms with Crippen molar-refractivity contribution < 1.29 is 13.7 Å². The van der Waals surface area contributed by atoms with Crippen molar-refractivity contribution in [2.24, 2.45) is 5.73 Å². The second-order valence-electron chi connectivity index (χ2n) is 4.28. The summed E-state index contributed by atoms with van der Waals surface area (Å²) in [6.45, 7) is 3.78. The van der Waals surface area contributed by atoms with Crippen molar-refractivity contribution in [1.82, 2.24) is 5.16 Å². The van der Waals surface area contributed by atoms with Crippen LogP contribution in [0.2, 0.25) is 0 Å². The van der Waals surface area contributed by atoms with Crippen LogP contribution in [0.15, 0.2) is 22.7 Å². The highest BCUT2D eigenvalue weighted by atomic mass is 19.1. The Hall–Kier alpha value is -2.37. The minimum absolute atomic E-state index is 0.127. The molecule has 0 aliphatic heterocycles. The highest BCUT2D eigenvalue weighted by molar-refractivity contribution is 5.94. The topological polar surface area (TPSA) is 81.1 Å². The Balaban J connectivity index is 2.21. The molecule has 19 heavy (non-hydrogen) atoms. The van der Waals surface area contributed by atoms with Gasteiger partial charge in [-0.1, -0.05) is 5.16 Å². The van der Waals surface area contributed by atoms with Crippen LogP contribution in [0.4, 0.5) is 10.1 Å². The Morgan fingerprint density at radius 1 is 1.42 bits per heavy atom. The van der Waals surface area contributed by atoms with Crippen molar-refractivity contribution >= 4 is 11.6 Å². The molecule has 0 saturated carbocycles. The van der Waals surface area contributed by atoms with Crippen LogP contribution in [0.5, 0.6) is 0 Å². The van der Waals surface area contributed by atoms with E-state index in [1.807, 2.05) is 0 Å². The number of hydrogen-bond donors (Lipinski definition) is 2. The zero-order valence-corrected chi connectivity index (χ0v) is 10.7. The Morgan fingerprint density at radius 3 is 2.74 bits per heavy atom. The number of primary amides is 1. The van der Waals surface area contributed by atoms with Gasteiger partial charge in [-0.05, 0) is 26.0 Å². The Morgan fingerprint density at radius 2 is 2.16 bits per heavy atom. The minimum Gasteiger partial charge on any atom is -0.379 e. The number of hydrogen-bond acceptors (Lipinski definition) is 4. The third-order valence-corrected chi connectivity index (χ3v) is 2.77. The molecule has 0 bridgehead atoms. The Labute approximate surface area is 109 Å². The van der Waals surface area contributed by atoms with Crippen molar-refractivity contribution in [1.29, 1.82) is 0 Å². The summed E-state index contributed by atoms with van der Waals surface area (Å²) in [4.78, 5) is 11.1. The van der Waals surface area contributed by atoms with Gasteiger partial charge in [0, 0.05) is 22.9 Å². The summed E-state index contributed by atoms with van der Waals surface area (Å²) in [6.07, 6.45) is 0. The third-order valence-electron chi connectivity index (χ3n) is 2.77. The number of aromatic nitrogens is 1. The maximum Gasteiger partial charge on any atom is 0.248 e. The van der Waals surface area contributed by atoms with Gasteiger partial charge in [0.15, 0.2) is 0 Å². The number of nitrogens with zero attached hydrogens (tertiary/aromatic N) is 1. The number of aryl methyl sites for hydroxylation is 1. The van der Waals surface area contributed by atoms with Gasteiger partial charge in [-0.3, -0.25) is 4.79 Å². The van der Waals surface area contributed by atoms with E-state index in [2.05, 4.69) is 10.5 Å². The third kappa shape index (κ3) is 2.90. The average molecular weight is 263 g/mol. The van der Waals surface area contributed by atoms with Gasteiger partial charge < -0.3 is 15.6 Å². The number of benzene rings is 1. The van der Waals surface area contributed by atoms with Gasteiger partial charge in [-0.2, -0.15) is 0 Å². The van der Waals surface area contributed by atoms with Crippen molar-refractivity contribution in [3.63, 3.8) is 0 Å². The molecule has 100 valence electrons. The first-order chi connectivity index (χ1) is 8.97. The van der Waals surface area contributed by atoms with E-state index in [4.69, 9.17) is 10.3 Å². The van der Waals surface area contributed by atoms with Crippen LogP contribution in [0.3, 0.4) is 0 Å². The fraction of sp³-hybridized carbons (Fsp3) is 0.231. The number of halogens is 1. The normalized spacial score (nSPS) is 10.5. The number of nitrogens with one attached hydrogen (secondary N) is 1. The molecule has 1 amide bonds. The lowest BCUT2D eigenvalue weighted by atomic mass is 10.1. The first-order valence-corrected chi connectivity index (χ1v) is 5.73. The van der Waals surface area contributed by atoms with Gasteiger partial charge in [-0.25, -0.2) is 4.39 Å². The average Bonchev–Trinajstić information content (AvgIpc) is 2.76. The van der Waals surface area contributed by atoms with Gasteiger partial charge in [0.05, 0.1) is 6.54 Å². The monoisotopic (exact) mass is 263 g/mol. The highest BCUT2D eigenvalue weighted by Gasteiger charge is 2.10. The summed E-state index contributed by atoms with van der Waals surface area (Å²) in [5.74, 6) is -0.444. The van der Waals surface area contributed by atoms with Crippen molar-refractivity contribution in [2.45, 2.75) is 20.4 Å². The largest absolute Gasteiger partial charge is 0.379 e. The summed E-state index contributed by atoms with van der Waals surface area (Å²) in [7, 11) is 0. The zero-order chi connectivity index (χ0) is 14.0. The zero-order valence-electron chi connectivity index (χ0n) is 10.7. The van der Waals surface area contributed by atoms with Crippen LogP contribution < -0.4 is 11.1 Å². The summed E-state index contributed by atoms with van der Waals surface area (Å²) in [5, 5.41) is 6.83. The molecule has 2 aromatic rings. The van der Waals surface area contributed by atoms with Crippen LogP contribution in [-0.2, 0) is 6.54 Å². The molecule has 6 heteroatoms. The second-order valence-corrected chi connectivity index (χ2v) is 4.28. The van der Waals surface area contributed by atoms with E-state index in [0.29, 0.717) is 29.2 Å². The molecule has 0 aliphatic rings. The fourth-order valence-electron chi connectivity index (χ4n) is 1.69. The molecule has 5 nitrogen and oxygen atoms in total. The molecule has 0 saturated heterocycles. The van der Waals surface area contributed by atoms with E-state index in [9.17, 15) is 9.18 Å². The molecule has 3 N–H and O–H groups in total. The standard InChI is InChI=1S/C13H14FN3O2/c1-7-3-10(17-19-7)6-16-12-5-9(13(15)18)4-11(14)8(12)2/h3-5,16H,6H2,1-2H3,(H2,15,18). The van der Waals surface area contributed by atoms with Crippen LogP contribution in [0.1, 0.15) is 27.4 Å². The molecule has 2 rings (SSSR count). The molecule has 0 atom stereocenters. The van der Waals surface area contributed by atoms with Crippen molar-refractivity contribution in [2.75, 3.05) is 5.32 Å². The van der Waals surface area contributed by atoms with E-state index in [1.54, 1.807) is 19.9 Å². The second kappa shape index (κ2) is 5.09. The smallest absolute Gasteiger partial charge is 0.248 e.